The molecule has 5 nitrogen and oxygen atoms in total. The van der Waals surface area contributed by atoms with Gasteiger partial charge in [-0.2, -0.15) is 4.98 Å². The molecule has 0 bridgehead atoms. The predicted molar refractivity (Wildman–Crippen MR) is 50.7 cm³/mol. The van der Waals surface area contributed by atoms with Gasteiger partial charge in [0.25, 0.3) is 5.71 Å². The van der Waals surface area contributed by atoms with Crippen LogP contribution in [0.25, 0.3) is 11.3 Å². The molecule has 1 N–H and O–H groups in total. The maximum absolute atomic E-state index is 5.41. The molecule has 5 heteroatoms. The molecule has 0 aromatic carbocycles. The topological polar surface area (TPSA) is 54.4 Å². The smallest absolute Gasteiger partial charge is 0.267 e. The highest BCUT2D eigenvalue weighted by molar-refractivity contribution is 5.70. The van der Waals surface area contributed by atoms with E-state index < -0.39 is 0 Å². The number of fused-ring (bicyclic) bond motifs is 1. The lowest BCUT2D eigenvalue weighted by Crippen LogP contribution is -2.25. The molecule has 1 aliphatic heterocycles. The van der Waals surface area contributed by atoms with Crippen LogP contribution in [0.5, 0.6) is 0 Å². The quantitative estimate of drug-likeness (QED) is 0.788. The van der Waals surface area contributed by atoms with Crippen LogP contribution >= 0.6 is 0 Å². The van der Waals surface area contributed by atoms with Crippen molar-refractivity contribution in [1.82, 2.24) is 9.99 Å². The Hall–Kier alpha value is -1.49. The van der Waals surface area contributed by atoms with Crippen LogP contribution in [0, 0.1) is 0 Å². The van der Waals surface area contributed by atoms with Crippen molar-refractivity contribution >= 4 is 17.2 Å². The Balaban J connectivity index is 1.80. The van der Waals surface area contributed by atoms with Gasteiger partial charge in [0.15, 0.2) is 12.0 Å². The van der Waals surface area contributed by atoms with E-state index in [2.05, 4.69) is 15.4 Å². The first kappa shape index (κ1) is 7.87. The lowest BCUT2D eigenvalue weighted by molar-refractivity contribution is 0.392. The first-order chi connectivity index (χ1) is 6.92. The van der Waals surface area contributed by atoms with Gasteiger partial charge in [-0.25, -0.2) is 5.01 Å². The third-order valence-electron chi connectivity index (χ3n) is 2.40. The Kier molecular flexibility index (Phi) is 1.70. The monoisotopic (exact) mass is 193 g/mol. The van der Waals surface area contributed by atoms with Crippen molar-refractivity contribution in [3.8, 4) is 0 Å². The Morgan fingerprint density at radius 3 is 3.00 bits per heavy atom. The van der Waals surface area contributed by atoms with Gasteiger partial charge < -0.3 is 8.83 Å². The van der Waals surface area contributed by atoms with E-state index in [1.54, 1.807) is 0 Å². The zero-order chi connectivity index (χ0) is 9.38. The van der Waals surface area contributed by atoms with Crippen LogP contribution in [0.3, 0.4) is 0 Å². The van der Waals surface area contributed by atoms with Crippen molar-refractivity contribution < 1.29 is 8.83 Å². The van der Waals surface area contributed by atoms with Crippen molar-refractivity contribution in [1.29, 1.82) is 0 Å². The van der Waals surface area contributed by atoms with Gasteiger partial charge in [-0.15, -0.1) is 0 Å². The van der Waals surface area contributed by atoms with E-state index in [-0.39, 0.29) is 0 Å². The average molecular weight is 193 g/mol. The maximum atomic E-state index is 5.41. The maximum Gasteiger partial charge on any atom is 0.267 e. The average Bonchev–Trinajstić information content (AvgIpc) is 2.78. The summed E-state index contributed by atoms with van der Waals surface area (Å²) < 4.78 is 10.5. The third kappa shape index (κ3) is 1.26. The number of anilines is 1. The molecule has 1 fully saturated rings. The van der Waals surface area contributed by atoms with Crippen LogP contribution in [0.4, 0.5) is 5.88 Å². The fourth-order valence-electron chi connectivity index (χ4n) is 1.71. The fraction of sp³-hybridized carbons (Fsp3) is 0.444. The van der Waals surface area contributed by atoms with Crippen LogP contribution in [0.15, 0.2) is 21.3 Å². The zero-order valence-electron chi connectivity index (χ0n) is 7.69. The molecule has 0 saturated carbocycles. The molecule has 0 radical (unpaired) electrons. The molecule has 3 heterocycles. The highest BCUT2D eigenvalue weighted by atomic mass is 16.4. The number of furan rings is 1. The summed E-state index contributed by atoms with van der Waals surface area (Å²) in [7, 11) is 0. The van der Waals surface area contributed by atoms with Crippen LogP contribution in [-0.2, 0) is 0 Å². The molecule has 0 atom stereocenters. The van der Waals surface area contributed by atoms with Gasteiger partial charge in [0.2, 0.25) is 5.88 Å². The summed E-state index contributed by atoms with van der Waals surface area (Å²) in [6.45, 7) is 2.13. The molecular weight excluding hydrogens is 182 g/mol. The molecule has 0 spiro atoms. The summed E-state index contributed by atoms with van der Waals surface area (Å²) >= 11 is 0. The third-order valence-corrected chi connectivity index (χ3v) is 2.40. The molecular formula is C9H11N3O2. The number of oxazole rings is 1. The van der Waals surface area contributed by atoms with Gasteiger partial charge >= 0.3 is 0 Å². The summed E-state index contributed by atoms with van der Waals surface area (Å²) in [5.41, 5.74) is 4.42. The number of nitrogens with one attached hydrogen (secondary N) is 1. The number of hydrogen-bond donors (Lipinski definition) is 1. The van der Waals surface area contributed by atoms with Crippen molar-refractivity contribution in [3.05, 3.63) is 12.5 Å². The Morgan fingerprint density at radius 2 is 2.21 bits per heavy atom. The lowest BCUT2D eigenvalue weighted by Gasteiger charge is -2.14. The Morgan fingerprint density at radius 1 is 1.36 bits per heavy atom. The minimum Gasteiger partial charge on any atom is -0.440 e. The van der Waals surface area contributed by atoms with Crippen LogP contribution in [-0.4, -0.2) is 23.1 Å². The van der Waals surface area contributed by atoms with Crippen LogP contribution in [0.2, 0.25) is 0 Å². The van der Waals surface area contributed by atoms with Crippen molar-refractivity contribution in [2.75, 3.05) is 18.5 Å². The highest BCUT2D eigenvalue weighted by Crippen LogP contribution is 2.22. The molecule has 3 rings (SSSR count). The fourth-order valence-corrected chi connectivity index (χ4v) is 1.71. The van der Waals surface area contributed by atoms with E-state index in [4.69, 9.17) is 8.83 Å². The number of nitrogens with zero attached hydrogens (tertiary/aromatic N) is 2. The summed E-state index contributed by atoms with van der Waals surface area (Å²) in [6.07, 6.45) is 3.86. The van der Waals surface area contributed by atoms with Crippen molar-refractivity contribution in [2.24, 2.45) is 0 Å². The molecule has 2 aromatic heterocycles. The number of hydrogen-bond acceptors (Lipinski definition) is 5. The molecule has 0 aliphatic carbocycles. The molecule has 1 saturated heterocycles. The predicted octanol–water partition coefficient (Wildman–Crippen LogP) is 1.84. The van der Waals surface area contributed by atoms with Crippen molar-refractivity contribution in [3.63, 3.8) is 0 Å². The number of hydrazine groups is 1. The van der Waals surface area contributed by atoms with E-state index in [0.717, 1.165) is 13.1 Å². The van der Waals surface area contributed by atoms with E-state index in [1.807, 2.05) is 6.07 Å². The van der Waals surface area contributed by atoms with Gasteiger partial charge in [-0.1, -0.05) is 0 Å². The van der Waals surface area contributed by atoms with E-state index in [9.17, 15) is 0 Å². The van der Waals surface area contributed by atoms with Crippen LogP contribution < -0.4 is 5.43 Å². The first-order valence-electron chi connectivity index (χ1n) is 4.76. The van der Waals surface area contributed by atoms with Crippen molar-refractivity contribution in [2.45, 2.75) is 12.8 Å². The minimum atomic E-state index is 0.548. The van der Waals surface area contributed by atoms with Gasteiger partial charge in [-0.3, -0.25) is 5.43 Å². The molecule has 0 unspecified atom stereocenters. The molecule has 14 heavy (non-hydrogen) atoms. The Bertz CT molecular complexity index is 399. The highest BCUT2D eigenvalue weighted by Gasteiger charge is 2.14. The SMILES string of the molecule is c1nc2oc(NN3CCCC3)cc2o1. The van der Waals surface area contributed by atoms with Crippen LogP contribution in [0.1, 0.15) is 12.8 Å². The minimum absolute atomic E-state index is 0.548. The molecule has 2 aromatic rings. The first-order valence-corrected chi connectivity index (χ1v) is 4.76. The van der Waals surface area contributed by atoms with Gasteiger partial charge in [0, 0.05) is 19.2 Å². The van der Waals surface area contributed by atoms with E-state index in [0.29, 0.717) is 17.2 Å². The Labute approximate surface area is 80.7 Å². The standard InChI is InChI=1S/C9H11N3O2/c1-2-4-12(3-1)11-8-5-7-9(14-8)10-6-13-7/h5-6,11H,1-4H2. The summed E-state index contributed by atoms with van der Waals surface area (Å²) in [4.78, 5) is 3.92. The van der Waals surface area contributed by atoms with E-state index in [1.165, 1.54) is 19.2 Å². The largest absolute Gasteiger partial charge is 0.440 e. The van der Waals surface area contributed by atoms with Gasteiger partial charge in [-0.05, 0) is 12.8 Å². The van der Waals surface area contributed by atoms with E-state index >= 15 is 0 Å². The second-order valence-electron chi connectivity index (χ2n) is 3.44. The number of rotatable bonds is 2. The number of aromatic nitrogens is 1. The van der Waals surface area contributed by atoms with Gasteiger partial charge in [0.1, 0.15) is 0 Å². The zero-order valence-corrected chi connectivity index (χ0v) is 7.69. The van der Waals surface area contributed by atoms with Gasteiger partial charge in [0.05, 0.1) is 0 Å². The second-order valence-corrected chi connectivity index (χ2v) is 3.44. The normalized spacial score (nSPS) is 18.0. The summed E-state index contributed by atoms with van der Waals surface area (Å²) in [6, 6.07) is 1.82. The lowest BCUT2D eigenvalue weighted by atomic mass is 10.4. The molecule has 0 amide bonds. The summed E-state index contributed by atoms with van der Waals surface area (Å²) in [5.74, 6) is 0.703. The molecule has 1 aliphatic rings. The molecule has 74 valence electrons. The second kappa shape index (κ2) is 3.02. The summed E-state index contributed by atoms with van der Waals surface area (Å²) in [5, 5.41) is 2.14.